The van der Waals surface area contributed by atoms with E-state index in [1.165, 1.54) is 26.4 Å². The third-order valence-corrected chi connectivity index (χ3v) is 2.72. The maximum Gasteiger partial charge on any atom is 0.334 e. The Morgan fingerprint density at radius 1 is 1.35 bits per heavy atom. The van der Waals surface area contributed by atoms with Crippen molar-refractivity contribution in [1.29, 1.82) is 0 Å². The number of halogens is 1. The Bertz CT molecular complexity index is 519. The fraction of sp³-hybridized carbons (Fsp3) is 0.333. The summed E-state index contributed by atoms with van der Waals surface area (Å²) in [7, 11) is 2.80. The number of carboxylic acid groups (broad SMARTS) is 1. The van der Waals surface area contributed by atoms with Crippen LogP contribution in [0.2, 0.25) is 5.02 Å². The van der Waals surface area contributed by atoms with Gasteiger partial charge in [-0.15, -0.1) is 0 Å². The molecule has 0 radical (unpaired) electrons. The molecule has 0 bridgehead atoms. The fourth-order valence-corrected chi connectivity index (χ4v) is 1.72. The number of benzene rings is 1. The van der Waals surface area contributed by atoms with E-state index in [9.17, 15) is 9.59 Å². The predicted octanol–water partition coefficient (Wildman–Crippen LogP) is 0.532. The number of aliphatic carboxylic acids is 1. The first-order valence-electron chi connectivity index (χ1n) is 5.51. The average Bonchev–Trinajstić information content (AvgIpc) is 2.42. The van der Waals surface area contributed by atoms with Crippen LogP contribution in [0.5, 0.6) is 11.5 Å². The predicted molar refractivity (Wildman–Crippen MR) is 70.5 cm³/mol. The zero-order valence-electron chi connectivity index (χ0n) is 10.8. The first-order chi connectivity index (χ1) is 9.40. The number of ether oxygens (including phenoxy) is 2. The monoisotopic (exact) mass is 303 g/mol. The van der Waals surface area contributed by atoms with Crippen molar-refractivity contribution in [1.82, 2.24) is 5.32 Å². The minimum Gasteiger partial charge on any atom is -0.493 e. The number of rotatable bonds is 6. The second-order valence-electron chi connectivity index (χ2n) is 3.76. The highest BCUT2D eigenvalue weighted by molar-refractivity contribution is 6.32. The van der Waals surface area contributed by atoms with E-state index in [0.29, 0.717) is 0 Å². The van der Waals surface area contributed by atoms with Crippen molar-refractivity contribution in [3.05, 3.63) is 22.7 Å². The van der Waals surface area contributed by atoms with Crippen molar-refractivity contribution in [2.24, 2.45) is 0 Å². The first kappa shape index (κ1) is 16.1. The normalized spacial score (nSPS) is 11.6. The summed E-state index contributed by atoms with van der Waals surface area (Å²) in [5.74, 6) is -1.45. The van der Waals surface area contributed by atoms with Crippen LogP contribution >= 0.6 is 11.6 Å². The molecule has 0 aliphatic rings. The molecule has 1 unspecified atom stereocenters. The lowest BCUT2D eigenvalue weighted by atomic mass is 10.2. The van der Waals surface area contributed by atoms with E-state index >= 15 is 0 Å². The molecule has 0 aliphatic carbocycles. The van der Waals surface area contributed by atoms with Crippen molar-refractivity contribution in [2.75, 3.05) is 20.8 Å². The number of carbonyl (C=O) groups is 2. The number of amides is 1. The van der Waals surface area contributed by atoms with Crippen LogP contribution in [0.3, 0.4) is 0 Å². The zero-order chi connectivity index (χ0) is 15.3. The van der Waals surface area contributed by atoms with E-state index < -0.39 is 24.5 Å². The van der Waals surface area contributed by atoms with Crippen molar-refractivity contribution in [3.8, 4) is 11.5 Å². The molecule has 1 atom stereocenters. The standard InChI is InChI=1S/C12H14ClNO6/c1-19-9-4-6(3-7(13)10(9)20-2)11(16)14-5-8(15)12(17)18/h3-4,8,15H,5H2,1-2H3,(H,14,16)(H,17,18). The summed E-state index contributed by atoms with van der Waals surface area (Å²) in [4.78, 5) is 22.2. The highest BCUT2D eigenvalue weighted by atomic mass is 35.5. The lowest BCUT2D eigenvalue weighted by Gasteiger charge is -2.12. The van der Waals surface area contributed by atoms with Gasteiger partial charge in [-0.1, -0.05) is 11.6 Å². The molecule has 110 valence electrons. The molecule has 20 heavy (non-hydrogen) atoms. The Balaban J connectivity index is 2.89. The van der Waals surface area contributed by atoms with Crippen LogP contribution in [0.4, 0.5) is 0 Å². The van der Waals surface area contributed by atoms with Crippen LogP contribution in [0.15, 0.2) is 12.1 Å². The van der Waals surface area contributed by atoms with Crippen LogP contribution in [0.25, 0.3) is 0 Å². The summed E-state index contributed by atoms with van der Waals surface area (Å²) in [6.45, 7) is -0.417. The molecule has 1 amide bonds. The SMILES string of the molecule is COc1cc(C(=O)NCC(O)C(=O)O)cc(Cl)c1OC. The highest BCUT2D eigenvalue weighted by Gasteiger charge is 2.18. The van der Waals surface area contributed by atoms with Gasteiger partial charge in [-0.2, -0.15) is 0 Å². The van der Waals surface area contributed by atoms with E-state index in [2.05, 4.69) is 5.32 Å². The molecular formula is C12H14ClNO6. The molecule has 0 saturated carbocycles. The molecule has 0 spiro atoms. The van der Waals surface area contributed by atoms with Gasteiger partial charge in [-0.25, -0.2) is 4.79 Å². The van der Waals surface area contributed by atoms with Gasteiger partial charge in [0.15, 0.2) is 17.6 Å². The van der Waals surface area contributed by atoms with Crippen LogP contribution in [0.1, 0.15) is 10.4 Å². The smallest absolute Gasteiger partial charge is 0.334 e. The lowest BCUT2D eigenvalue weighted by molar-refractivity contribution is -0.146. The second kappa shape index (κ2) is 6.97. The summed E-state index contributed by atoms with van der Waals surface area (Å²) in [6, 6.07) is 2.75. The summed E-state index contributed by atoms with van der Waals surface area (Å²) in [6.07, 6.45) is -1.67. The van der Waals surface area contributed by atoms with E-state index in [4.69, 9.17) is 31.3 Å². The van der Waals surface area contributed by atoms with E-state index in [-0.39, 0.29) is 22.1 Å². The number of carboxylic acids is 1. The van der Waals surface area contributed by atoms with Crippen molar-refractivity contribution < 1.29 is 29.3 Å². The summed E-state index contributed by atoms with van der Waals surface area (Å²) >= 11 is 5.94. The van der Waals surface area contributed by atoms with E-state index in [1.807, 2.05) is 0 Å². The van der Waals surface area contributed by atoms with Gasteiger partial charge in [0.2, 0.25) is 0 Å². The van der Waals surface area contributed by atoms with Crippen LogP contribution < -0.4 is 14.8 Å². The quantitative estimate of drug-likeness (QED) is 0.708. The molecule has 0 saturated heterocycles. The lowest BCUT2D eigenvalue weighted by Crippen LogP contribution is -2.36. The number of aliphatic hydroxyl groups excluding tert-OH is 1. The molecule has 0 aromatic heterocycles. The molecular weight excluding hydrogens is 290 g/mol. The fourth-order valence-electron chi connectivity index (χ4n) is 1.43. The van der Waals surface area contributed by atoms with E-state index in [0.717, 1.165) is 0 Å². The van der Waals surface area contributed by atoms with Crippen molar-refractivity contribution >= 4 is 23.5 Å². The van der Waals surface area contributed by atoms with Gasteiger partial charge in [0.25, 0.3) is 5.91 Å². The number of methoxy groups -OCH3 is 2. The molecule has 0 aliphatic heterocycles. The number of aliphatic hydroxyl groups is 1. The summed E-state index contributed by atoms with van der Waals surface area (Å²) < 4.78 is 10.1. The van der Waals surface area contributed by atoms with Crippen LogP contribution in [-0.2, 0) is 4.79 Å². The first-order valence-corrected chi connectivity index (χ1v) is 5.89. The maximum atomic E-state index is 11.8. The Labute approximate surface area is 120 Å². The summed E-state index contributed by atoms with van der Waals surface area (Å²) in [5.41, 5.74) is 0.158. The maximum absolute atomic E-state index is 11.8. The van der Waals surface area contributed by atoms with Crippen LogP contribution in [-0.4, -0.2) is 49.0 Å². The summed E-state index contributed by atoms with van der Waals surface area (Å²) in [5, 5.41) is 20.0. The Morgan fingerprint density at radius 2 is 2.00 bits per heavy atom. The Kier molecular flexibility index (Phi) is 5.60. The molecule has 0 fully saturated rings. The Hall–Kier alpha value is -1.99. The zero-order valence-corrected chi connectivity index (χ0v) is 11.6. The number of nitrogens with one attached hydrogen (secondary N) is 1. The average molecular weight is 304 g/mol. The molecule has 1 aromatic carbocycles. The highest BCUT2D eigenvalue weighted by Crippen LogP contribution is 2.35. The van der Waals surface area contributed by atoms with Crippen molar-refractivity contribution in [3.63, 3.8) is 0 Å². The third kappa shape index (κ3) is 3.75. The third-order valence-electron chi connectivity index (χ3n) is 2.44. The van der Waals surface area contributed by atoms with Gasteiger partial charge in [0, 0.05) is 5.56 Å². The number of hydrogen-bond donors (Lipinski definition) is 3. The molecule has 7 nitrogen and oxygen atoms in total. The van der Waals surface area contributed by atoms with Crippen molar-refractivity contribution in [2.45, 2.75) is 6.10 Å². The minimum atomic E-state index is -1.67. The van der Waals surface area contributed by atoms with Gasteiger partial charge >= 0.3 is 5.97 Å². The molecule has 0 heterocycles. The van der Waals surface area contributed by atoms with Gasteiger partial charge in [0.1, 0.15) is 0 Å². The topological polar surface area (TPSA) is 105 Å². The Morgan fingerprint density at radius 3 is 2.50 bits per heavy atom. The van der Waals surface area contributed by atoms with Gasteiger partial charge in [-0.3, -0.25) is 4.79 Å². The number of carbonyl (C=O) groups excluding carboxylic acids is 1. The second-order valence-corrected chi connectivity index (χ2v) is 4.16. The largest absolute Gasteiger partial charge is 0.493 e. The van der Waals surface area contributed by atoms with Gasteiger partial charge in [-0.05, 0) is 12.1 Å². The number of hydrogen-bond acceptors (Lipinski definition) is 5. The van der Waals surface area contributed by atoms with Gasteiger partial charge in [0.05, 0.1) is 25.8 Å². The molecule has 1 rings (SSSR count). The molecule has 1 aromatic rings. The molecule has 3 N–H and O–H groups in total. The van der Waals surface area contributed by atoms with E-state index in [1.54, 1.807) is 0 Å². The van der Waals surface area contributed by atoms with Gasteiger partial charge < -0.3 is 25.0 Å². The molecule has 8 heteroatoms. The minimum absolute atomic E-state index is 0.158. The van der Waals surface area contributed by atoms with Crippen LogP contribution in [0, 0.1) is 0 Å².